The summed E-state index contributed by atoms with van der Waals surface area (Å²) < 4.78 is 0. The fourth-order valence-electron chi connectivity index (χ4n) is 3.70. The summed E-state index contributed by atoms with van der Waals surface area (Å²) in [7, 11) is 3.66. The lowest BCUT2D eigenvalue weighted by Gasteiger charge is -2.26. The molecule has 3 N–H and O–H groups in total. The molecule has 2 rings (SSSR count). The Morgan fingerprint density at radius 1 is 1.31 bits per heavy atom. The van der Waals surface area contributed by atoms with Crippen LogP contribution in [0, 0.1) is 0 Å². The minimum atomic E-state index is -0.00550. The van der Waals surface area contributed by atoms with Crippen LogP contribution in [0.5, 0.6) is 0 Å². The van der Waals surface area contributed by atoms with Gasteiger partial charge in [-0.15, -0.1) is 0 Å². The molecule has 1 heterocycles. The number of nitrogens with one attached hydrogen (secondary N) is 2. The van der Waals surface area contributed by atoms with Gasteiger partial charge >= 0.3 is 0 Å². The number of hydrogen-bond acceptors (Lipinski definition) is 4. The number of hydrogen-bond donors (Lipinski definition) is 3. The molecule has 0 radical (unpaired) electrons. The molecule has 0 saturated carbocycles. The molecule has 1 aliphatic rings. The molecule has 2 unspecified atom stereocenters. The van der Waals surface area contributed by atoms with E-state index in [2.05, 4.69) is 20.5 Å². The second-order valence-corrected chi connectivity index (χ2v) is 7.72. The van der Waals surface area contributed by atoms with Gasteiger partial charge in [-0.1, -0.05) is 30.3 Å². The van der Waals surface area contributed by atoms with Crippen molar-refractivity contribution in [3.63, 3.8) is 0 Å². The van der Waals surface area contributed by atoms with Crippen molar-refractivity contribution in [1.82, 2.24) is 20.4 Å². The average molecular weight is 404 g/mol. The summed E-state index contributed by atoms with van der Waals surface area (Å²) in [4.78, 5) is 20.9. The molecule has 0 spiro atoms. The first-order chi connectivity index (χ1) is 14.1. The standard InChI is InChI=1S/C22H37N5O2/c1-4-23-22(25-16-19(17-28)18-10-6-5-7-11-18)24-13-9-15-27-14-8-12-20(27)21(29)26(2)3/h5-7,10-11,19-20,28H,4,8-9,12-17H2,1-3H3,(H2,23,24,25). The summed E-state index contributed by atoms with van der Waals surface area (Å²) in [6.07, 6.45) is 2.99. The minimum absolute atomic E-state index is 0.00550. The predicted octanol–water partition coefficient (Wildman–Crippen LogP) is 1.26. The summed E-state index contributed by atoms with van der Waals surface area (Å²) >= 11 is 0. The van der Waals surface area contributed by atoms with Crippen LogP contribution in [0.1, 0.15) is 37.7 Å². The van der Waals surface area contributed by atoms with Crippen molar-refractivity contribution in [3.8, 4) is 0 Å². The zero-order valence-corrected chi connectivity index (χ0v) is 18.1. The maximum atomic E-state index is 12.3. The number of rotatable bonds is 10. The van der Waals surface area contributed by atoms with Crippen LogP contribution < -0.4 is 10.6 Å². The SMILES string of the molecule is CCNC(=NCC(CO)c1ccccc1)NCCCN1CCCC1C(=O)N(C)C. The van der Waals surface area contributed by atoms with Gasteiger partial charge in [0.2, 0.25) is 5.91 Å². The van der Waals surface area contributed by atoms with Gasteiger partial charge in [0.25, 0.3) is 0 Å². The van der Waals surface area contributed by atoms with E-state index in [0.717, 1.165) is 57.0 Å². The van der Waals surface area contributed by atoms with Gasteiger partial charge < -0.3 is 20.6 Å². The van der Waals surface area contributed by atoms with E-state index in [1.165, 1.54) is 0 Å². The Morgan fingerprint density at radius 2 is 2.07 bits per heavy atom. The molecule has 1 saturated heterocycles. The van der Waals surface area contributed by atoms with Crippen LogP contribution in [0.15, 0.2) is 35.3 Å². The number of likely N-dealkylation sites (N-methyl/N-ethyl adjacent to an activating group) is 1. The molecule has 1 aromatic carbocycles. The molecule has 1 aromatic rings. The van der Waals surface area contributed by atoms with Crippen LogP contribution in [0.2, 0.25) is 0 Å². The van der Waals surface area contributed by atoms with E-state index in [-0.39, 0.29) is 24.5 Å². The molecular weight excluding hydrogens is 366 g/mol. The Kier molecular flexibility index (Phi) is 9.94. The molecule has 29 heavy (non-hydrogen) atoms. The first kappa shape index (κ1) is 23.2. The van der Waals surface area contributed by atoms with Gasteiger partial charge in [0, 0.05) is 39.6 Å². The zero-order valence-electron chi connectivity index (χ0n) is 18.1. The third kappa shape index (κ3) is 7.33. The number of nitrogens with zero attached hydrogens (tertiary/aromatic N) is 3. The number of aliphatic imine (C=N–C) groups is 1. The highest BCUT2D eigenvalue weighted by molar-refractivity contribution is 5.81. The molecule has 0 aromatic heterocycles. The van der Waals surface area contributed by atoms with Crippen molar-refractivity contribution in [2.75, 3.05) is 53.4 Å². The number of guanidine groups is 1. The van der Waals surface area contributed by atoms with Crippen molar-refractivity contribution in [2.24, 2.45) is 4.99 Å². The largest absolute Gasteiger partial charge is 0.396 e. The number of amides is 1. The van der Waals surface area contributed by atoms with Crippen molar-refractivity contribution in [2.45, 2.75) is 38.1 Å². The van der Waals surface area contributed by atoms with Gasteiger partial charge in [0.1, 0.15) is 0 Å². The molecule has 0 aliphatic carbocycles. The molecular formula is C22H37N5O2. The number of carbonyl (C=O) groups excluding carboxylic acids is 1. The quantitative estimate of drug-likeness (QED) is 0.311. The van der Waals surface area contributed by atoms with E-state index in [0.29, 0.717) is 6.54 Å². The van der Waals surface area contributed by atoms with Gasteiger partial charge in [-0.25, -0.2) is 0 Å². The van der Waals surface area contributed by atoms with Gasteiger partial charge in [0.05, 0.1) is 19.2 Å². The molecule has 1 fully saturated rings. The monoisotopic (exact) mass is 403 g/mol. The molecule has 7 heteroatoms. The van der Waals surface area contributed by atoms with Crippen molar-refractivity contribution in [3.05, 3.63) is 35.9 Å². The van der Waals surface area contributed by atoms with Crippen molar-refractivity contribution < 1.29 is 9.90 Å². The number of aliphatic hydroxyl groups excluding tert-OH is 1. The lowest BCUT2D eigenvalue weighted by atomic mass is 10.0. The normalized spacial score (nSPS) is 18.5. The fourth-order valence-corrected chi connectivity index (χ4v) is 3.70. The molecule has 1 aliphatic heterocycles. The summed E-state index contributed by atoms with van der Waals surface area (Å²) in [5, 5.41) is 16.4. The lowest BCUT2D eigenvalue weighted by molar-refractivity contribution is -0.133. The summed E-state index contributed by atoms with van der Waals surface area (Å²) in [6.45, 7) is 6.12. The molecule has 1 amide bonds. The Labute approximate surface area is 175 Å². The zero-order chi connectivity index (χ0) is 21.1. The predicted molar refractivity (Wildman–Crippen MR) is 118 cm³/mol. The van der Waals surface area contributed by atoms with Crippen LogP contribution in [0.3, 0.4) is 0 Å². The first-order valence-corrected chi connectivity index (χ1v) is 10.7. The van der Waals surface area contributed by atoms with Crippen molar-refractivity contribution in [1.29, 1.82) is 0 Å². The van der Waals surface area contributed by atoms with E-state index < -0.39 is 0 Å². The topological polar surface area (TPSA) is 80.2 Å². The molecule has 7 nitrogen and oxygen atoms in total. The molecule has 0 bridgehead atoms. The van der Waals surface area contributed by atoms with Crippen LogP contribution >= 0.6 is 0 Å². The van der Waals surface area contributed by atoms with Gasteiger partial charge in [0.15, 0.2) is 5.96 Å². The van der Waals surface area contributed by atoms with E-state index >= 15 is 0 Å². The fraction of sp³-hybridized carbons (Fsp3) is 0.636. The summed E-state index contributed by atoms with van der Waals surface area (Å²) in [6, 6.07) is 10.0. The molecule has 162 valence electrons. The van der Waals surface area contributed by atoms with Crippen LogP contribution in [-0.4, -0.2) is 86.2 Å². The van der Waals surface area contributed by atoms with Crippen LogP contribution in [-0.2, 0) is 4.79 Å². The maximum absolute atomic E-state index is 12.3. The average Bonchev–Trinajstić information content (AvgIpc) is 3.20. The van der Waals surface area contributed by atoms with Gasteiger partial charge in [-0.2, -0.15) is 0 Å². The second kappa shape index (κ2) is 12.4. The van der Waals surface area contributed by atoms with Gasteiger partial charge in [-0.05, 0) is 38.3 Å². The number of carbonyl (C=O) groups is 1. The highest BCUT2D eigenvalue weighted by Crippen LogP contribution is 2.18. The van der Waals surface area contributed by atoms with Gasteiger partial charge in [-0.3, -0.25) is 14.7 Å². The Balaban J connectivity index is 1.81. The summed E-state index contributed by atoms with van der Waals surface area (Å²) in [5.41, 5.74) is 1.10. The maximum Gasteiger partial charge on any atom is 0.239 e. The third-order valence-corrected chi connectivity index (χ3v) is 5.31. The van der Waals surface area contributed by atoms with E-state index in [1.54, 1.807) is 4.90 Å². The van der Waals surface area contributed by atoms with E-state index in [9.17, 15) is 9.90 Å². The Hall–Kier alpha value is -2.12. The Bertz CT molecular complexity index is 635. The highest BCUT2D eigenvalue weighted by Gasteiger charge is 2.30. The molecule has 2 atom stereocenters. The Morgan fingerprint density at radius 3 is 2.72 bits per heavy atom. The van der Waals surface area contributed by atoms with E-state index in [1.807, 2.05) is 51.4 Å². The van der Waals surface area contributed by atoms with Crippen LogP contribution in [0.25, 0.3) is 0 Å². The highest BCUT2D eigenvalue weighted by atomic mass is 16.3. The second-order valence-electron chi connectivity index (χ2n) is 7.72. The number of aliphatic hydroxyl groups is 1. The lowest BCUT2D eigenvalue weighted by Crippen LogP contribution is -2.44. The number of benzene rings is 1. The minimum Gasteiger partial charge on any atom is -0.396 e. The van der Waals surface area contributed by atoms with Crippen LogP contribution in [0.4, 0.5) is 0 Å². The summed E-state index contributed by atoms with van der Waals surface area (Å²) in [5.74, 6) is 0.972. The van der Waals surface area contributed by atoms with Crippen molar-refractivity contribution >= 4 is 11.9 Å². The van der Waals surface area contributed by atoms with E-state index in [4.69, 9.17) is 0 Å². The smallest absolute Gasteiger partial charge is 0.239 e. The number of likely N-dealkylation sites (tertiary alicyclic amines) is 1. The first-order valence-electron chi connectivity index (χ1n) is 10.7. The third-order valence-electron chi connectivity index (χ3n) is 5.31.